The first-order valence-electron chi connectivity index (χ1n) is 8.54. The van der Waals surface area contributed by atoms with Crippen LogP contribution in [0.5, 0.6) is 0 Å². The van der Waals surface area contributed by atoms with Gasteiger partial charge in [-0.25, -0.2) is 0 Å². The summed E-state index contributed by atoms with van der Waals surface area (Å²) in [6.07, 6.45) is 8.39. The summed E-state index contributed by atoms with van der Waals surface area (Å²) in [4.78, 5) is 14.8. The maximum atomic E-state index is 12.3. The van der Waals surface area contributed by atoms with Gasteiger partial charge in [-0.15, -0.1) is 0 Å². The van der Waals surface area contributed by atoms with Gasteiger partial charge in [0.25, 0.3) is 0 Å². The summed E-state index contributed by atoms with van der Waals surface area (Å²) in [6, 6.07) is 1.83. The van der Waals surface area contributed by atoms with Gasteiger partial charge in [-0.2, -0.15) is 0 Å². The van der Waals surface area contributed by atoms with Gasteiger partial charge >= 0.3 is 0 Å². The van der Waals surface area contributed by atoms with Crippen LogP contribution in [0.25, 0.3) is 0 Å². The lowest BCUT2D eigenvalue weighted by atomic mass is 9.83. The van der Waals surface area contributed by atoms with Gasteiger partial charge in [0.15, 0.2) is 0 Å². The number of piperidine rings is 4. The Labute approximate surface area is 121 Å². The van der Waals surface area contributed by atoms with Crippen molar-refractivity contribution in [3.63, 3.8) is 0 Å². The molecule has 3 atom stereocenters. The predicted molar refractivity (Wildman–Crippen MR) is 78.4 cm³/mol. The second-order valence-corrected chi connectivity index (χ2v) is 7.49. The molecule has 5 heterocycles. The highest BCUT2D eigenvalue weighted by atomic mass is 16.1. The lowest BCUT2D eigenvalue weighted by Gasteiger charge is -2.45. The SMILES string of the molecule is O=C(CC1CC2CCC(C1)N2)NC1CN2CCC1CC2. The van der Waals surface area contributed by atoms with E-state index < -0.39 is 0 Å². The average Bonchev–Trinajstić information content (AvgIpc) is 2.79. The highest BCUT2D eigenvalue weighted by Crippen LogP contribution is 2.33. The monoisotopic (exact) mass is 277 g/mol. The second kappa shape index (κ2) is 5.30. The Kier molecular flexibility index (Phi) is 3.47. The molecule has 112 valence electrons. The van der Waals surface area contributed by atoms with Gasteiger partial charge in [-0.1, -0.05) is 0 Å². The molecule has 0 aliphatic carbocycles. The first-order chi connectivity index (χ1) is 9.76. The van der Waals surface area contributed by atoms with E-state index in [1.807, 2.05) is 0 Å². The second-order valence-electron chi connectivity index (χ2n) is 7.49. The molecule has 5 fully saturated rings. The fraction of sp³-hybridized carbons (Fsp3) is 0.938. The van der Waals surface area contributed by atoms with Crippen molar-refractivity contribution in [3.8, 4) is 0 Å². The highest BCUT2D eigenvalue weighted by molar-refractivity contribution is 5.76. The van der Waals surface area contributed by atoms with Gasteiger partial charge in [0, 0.05) is 31.1 Å². The van der Waals surface area contributed by atoms with E-state index in [4.69, 9.17) is 0 Å². The van der Waals surface area contributed by atoms with E-state index in [-0.39, 0.29) is 0 Å². The maximum absolute atomic E-state index is 12.3. The zero-order valence-corrected chi connectivity index (χ0v) is 12.3. The molecule has 4 bridgehead atoms. The van der Waals surface area contributed by atoms with Crippen LogP contribution in [0.4, 0.5) is 0 Å². The Morgan fingerprint density at radius 1 is 1.10 bits per heavy atom. The van der Waals surface area contributed by atoms with Crippen molar-refractivity contribution in [1.82, 2.24) is 15.5 Å². The molecule has 1 amide bonds. The standard InChI is InChI=1S/C16H27N3O/c20-16(9-11-7-13-1-2-14(8-11)17-13)18-15-10-19-5-3-12(15)4-6-19/h11-15,17H,1-10H2,(H,18,20). The van der Waals surface area contributed by atoms with Crippen molar-refractivity contribution >= 4 is 5.91 Å². The molecule has 5 saturated heterocycles. The number of hydrogen-bond donors (Lipinski definition) is 2. The fourth-order valence-electron chi connectivity index (χ4n) is 5.00. The summed E-state index contributed by atoms with van der Waals surface area (Å²) in [5.74, 6) is 1.68. The van der Waals surface area contributed by atoms with Crippen LogP contribution in [0, 0.1) is 11.8 Å². The minimum absolute atomic E-state index is 0.315. The third-order valence-electron chi connectivity index (χ3n) is 6.05. The smallest absolute Gasteiger partial charge is 0.220 e. The molecule has 0 spiro atoms. The Morgan fingerprint density at radius 2 is 1.80 bits per heavy atom. The Morgan fingerprint density at radius 3 is 2.40 bits per heavy atom. The molecule has 0 radical (unpaired) electrons. The average molecular weight is 277 g/mol. The van der Waals surface area contributed by atoms with Crippen molar-refractivity contribution in [1.29, 1.82) is 0 Å². The molecular weight excluding hydrogens is 250 g/mol. The number of amides is 1. The lowest BCUT2D eigenvalue weighted by molar-refractivity contribution is -0.124. The van der Waals surface area contributed by atoms with E-state index in [0.29, 0.717) is 30.0 Å². The van der Waals surface area contributed by atoms with Crippen LogP contribution in [0.15, 0.2) is 0 Å². The fourth-order valence-corrected chi connectivity index (χ4v) is 5.00. The van der Waals surface area contributed by atoms with E-state index in [1.165, 1.54) is 51.6 Å². The molecule has 3 unspecified atom stereocenters. The van der Waals surface area contributed by atoms with Crippen LogP contribution in [0.1, 0.15) is 44.9 Å². The van der Waals surface area contributed by atoms with Gasteiger partial charge in [0.2, 0.25) is 5.91 Å². The maximum Gasteiger partial charge on any atom is 0.220 e. The molecule has 5 aliphatic heterocycles. The zero-order chi connectivity index (χ0) is 13.5. The Balaban J connectivity index is 1.28. The van der Waals surface area contributed by atoms with Crippen molar-refractivity contribution in [2.45, 2.75) is 63.1 Å². The van der Waals surface area contributed by atoms with E-state index in [2.05, 4.69) is 15.5 Å². The quantitative estimate of drug-likeness (QED) is 0.812. The van der Waals surface area contributed by atoms with E-state index in [0.717, 1.165) is 18.9 Å². The predicted octanol–water partition coefficient (Wildman–Crippen LogP) is 1.12. The first-order valence-corrected chi connectivity index (χ1v) is 8.54. The molecule has 4 nitrogen and oxygen atoms in total. The number of nitrogens with one attached hydrogen (secondary N) is 2. The molecule has 0 aromatic rings. The summed E-state index contributed by atoms with van der Waals surface area (Å²) >= 11 is 0. The third-order valence-corrected chi connectivity index (χ3v) is 6.05. The number of nitrogens with zero attached hydrogens (tertiary/aromatic N) is 1. The topological polar surface area (TPSA) is 44.4 Å². The molecular formula is C16H27N3O. The number of rotatable bonds is 3. The van der Waals surface area contributed by atoms with Crippen LogP contribution in [-0.4, -0.2) is 48.6 Å². The van der Waals surface area contributed by atoms with Crippen LogP contribution < -0.4 is 10.6 Å². The largest absolute Gasteiger partial charge is 0.352 e. The number of carbonyl (C=O) groups excluding carboxylic acids is 1. The number of carbonyl (C=O) groups is 1. The van der Waals surface area contributed by atoms with Gasteiger partial charge in [0.05, 0.1) is 0 Å². The molecule has 20 heavy (non-hydrogen) atoms. The van der Waals surface area contributed by atoms with Crippen molar-refractivity contribution in [2.24, 2.45) is 11.8 Å². The van der Waals surface area contributed by atoms with E-state index in [9.17, 15) is 4.79 Å². The third kappa shape index (κ3) is 2.60. The summed E-state index contributed by atoms with van der Waals surface area (Å²) in [7, 11) is 0. The number of hydrogen-bond acceptors (Lipinski definition) is 3. The minimum Gasteiger partial charge on any atom is -0.352 e. The Hall–Kier alpha value is -0.610. The van der Waals surface area contributed by atoms with Crippen LogP contribution in [0.2, 0.25) is 0 Å². The molecule has 4 heteroatoms. The molecule has 5 aliphatic rings. The van der Waals surface area contributed by atoms with Gasteiger partial charge in [0.1, 0.15) is 0 Å². The van der Waals surface area contributed by atoms with Crippen molar-refractivity contribution < 1.29 is 4.79 Å². The normalized spacial score (nSPS) is 46.4. The Bertz CT molecular complexity index is 366. The van der Waals surface area contributed by atoms with Crippen molar-refractivity contribution in [2.75, 3.05) is 19.6 Å². The summed E-state index contributed by atoms with van der Waals surface area (Å²) in [5.41, 5.74) is 0. The van der Waals surface area contributed by atoms with Crippen LogP contribution in [-0.2, 0) is 4.79 Å². The van der Waals surface area contributed by atoms with Gasteiger partial charge in [-0.3, -0.25) is 4.79 Å². The summed E-state index contributed by atoms with van der Waals surface area (Å²) in [5, 5.41) is 7.01. The van der Waals surface area contributed by atoms with Gasteiger partial charge < -0.3 is 15.5 Å². The van der Waals surface area contributed by atoms with Crippen LogP contribution in [0.3, 0.4) is 0 Å². The van der Waals surface area contributed by atoms with E-state index in [1.54, 1.807) is 0 Å². The number of fused-ring (bicyclic) bond motifs is 5. The lowest BCUT2D eigenvalue weighted by Crippen LogP contribution is -2.57. The van der Waals surface area contributed by atoms with Gasteiger partial charge in [-0.05, 0) is 63.5 Å². The molecule has 5 rings (SSSR count). The first kappa shape index (κ1) is 13.1. The summed E-state index contributed by atoms with van der Waals surface area (Å²) < 4.78 is 0. The summed E-state index contributed by atoms with van der Waals surface area (Å²) in [6.45, 7) is 3.58. The highest BCUT2D eigenvalue weighted by Gasteiger charge is 2.37. The molecule has 0 aromatic heterocycles. The molecule has 0 aromatic carbocycles. The zero-order valence-electron chi connectivity index (χ0n) is 12.3. The van der Waals surface area contributed by atoms with Crippen molar-refractivity contribution in [3.05, 3.63) is 0 Å². The molecule has 2 N–H and O–H groups in total. The molecule has 0 saturated carbocycles. The minimum atomic E-state index is 0.315. The van der Waals surface area contributed by atoms with E-state index >= 15 is 0 Å². The van der Waals surface area contributed by atoms with Crippen LogP contribution >= 0.6 is 0 Å².